The van der Waals surface area contributed by atoms with Crippen LogP contribution in [0.4, 0.5) is 0 Å². The Kier molecular flexibility index (Phi) is 4.59. The van der Waals surface area contributed by atoms with Crippen LogP contribution in [0.3, 0.4) is 0 Å². The van der Waals surface area contributed by atoms with Crippen LogP contribution in [-0.4, -0.2) is 17.3 Å². The minimum absolute atomic E-state index is 0.110. The highest BCUT2D eigenvalue weighted by atomic mass is 16.5. The molecule has 0 bridgehead atoms. The van der Waals surface area contributed by atoms with Crippen LogP contribution in [-0.2, 0) is 17.4 Å². The van der Waals surface area contributed by atoms with E-state index in [2.05, 4.69) is 51.1 Å². The van der Waals surface area contributed by atoms with E-state index in [1.165, 1.54) is 11.1 Å². The number of benzene rings is 2. The summed E-state index contributed by atoms with van der Waals surface area (Å²) in [5, 5.41) is 22.4. The fourth-order valence-electron chi connectivity index (χ4n) is 5.12. The van der Waals surface area contributed by atoms with Gasteiger partial charge in [0.15, 0.2) is 0 Å². The Labute approximate surface area is 168 Å². The smallest absolute Gasteiger partial charge is 0.119 e. The second kappa shape index (κ2) is 6.60. The van der Waals surface area contributed by atoms with E-state index >= 15 is 0 Å². The summed E-state index contributed by atoms with van der Waals surface area (Å²) in [6.45, 7) is 6.61. The molecule has 3 nitrogen and oxygen atoms in total. The first kappa shape index (κ1) is 19.5. The summed E-state index contributed by atoms with van der Waals surface area (Å²) in [5.74, 6) is 0.842. The van der Waals surface area contributed by atoms with E-state index in [9.17, 15) is 10.2 Å². The van der Waals surface area contributed by atoms with Gasteiger partial charge in [0.1, 0.15) is 5.75 Å². The molecule has 1 unspecified atom stereocenters. The van der Waals surface area contributed by atoms with Crippen LogP contribution in [0.1, 0.15) is 74.8 Å². The van der Waals surface area contributed by atoms with Crippen LogP contribution in [0.15, 0.2) is 42.5 Å². The lowest BCUT2D eigenvalue weighted by Gasteiger charge is -2.44. The molecule has 0 aliphatic heterocycles. The molecule has 2 aromatic carbocycles. The number of aliphatic hydroxyl groups is 2. The first-order chi connectivity index (χ1) is 13.2. The molecule has 0 heterocycles. The molecular weight excluding hydrogens is 348 g/mol. The standard InChI is InChI=1S/C25H32O3/c1-23(2,3)18-5-7-19(8-6-18)25(27)13-11-24(12-14-25)16-17-15-20(28-4)9-10-21(17)22(24)26/h5-10,15,22,26-27H,11-14,16H2,1-4H3. The summed E-state index contributed by atoms with van der Waals surface area (Å²) in [7, 11) is 1.68. The molecule has 2 aliphatic carbocycles. The lowest BCUT2D eigenvalue weighted by atomic mass is 9.64. The van der Waals surface area contributed by atoms with Crippen molar-refractivity contribution < 1.29 is 14.9 Å². The van der Waals surface area contributed by atoms with Crippen molar-refractivity contribution in [3.8, 4) is 5.75 Å². The summed E-state index contributed by atoms with van der Waals surface area (Å²) >= 11 is 0. The number of aliphatic hydroxyl groups excluding tert-OH is 1. The van der Waals surface area contributed by atoms with Crippen LogP contribution < -0.4 is 4.74 Å². The lowest BCUT2D eigenvalue weighted by molar-refractivity contribution is -0.0758. The SMILES string of the molecule is COc1ccc2c(c1)CC1(CCC(O)(c3ccc(C(C)(C)C)cc3)CC1)C2O. The first-order valence-electron chi connectivity index (χ1n) is 10.4. The van der Waals surface area contributed by atoms with E-state index < -0.39 is 11.7 Å². The summed E-state index contributed by atoms with van der Waals surface area (Å²) in [6, 6.07) is 14.4. The molecule has 4 rings (SSSR count). The van der Waals surface area contributed by atoms with Crippen molar-refractivity contribution >= 4 is 0 Å². The third kappa shape index (κ3) is 3.15. The predicted molar refractivity (Wildman–Crippen MR) is 112 cm³/mol. The number of ether oxygens (including phenoxy) is 1. The van der Waals surface area contributed by atoms with E-state index in [1.54, 1.807) is 7.11 Å². The van der Waals surface area contributed by atoms with E-state index in [1.807, 2.05) is 12.1 Å². The number of hydrogen-bond donors (Lipinski definition) is 2. The van der Waals surface area contributed by atoms with Crippen LogP contribution in [0, 0.1) is 5.41 Å². The maximum absolute atomic E-state index is 11.4. The zero-order chi connectivity index (χ0) is 20.2. The maximum Gasteiger partial charge on any atom is 0.119 e. The zero-order valence-corrected chi connectivity index (χ0v) is 17.5. The van der Waals surface area contributed by atoms with Gasteiger partial charge in [-0.05, 0) is 71.9 Å². The Morgan fingerprint density at radius 1 is 0.964 bits per heavy atom. The van der Waals surface area contributed by atoms with Gasteiger partial charge in [0.25, 0.3) is 0 Å². The van der Waals surface area contributed by atoms with Gasteiger partial charge in [-0.15, -0.1) is 0 Å². The molecule has 0 aromatic heterocycles. The normalized spacial score (nSPS) is 29.7. The van der Waals surface area contributed by atoms with Gasteiger partial charge in [-0.1, -0.05) is 51.1 Å². The number of rotatable bonds is 2. The topological polar surface area (TPSA) is 49.7 Å². The molecule has 2 aromatic rings. The zero-order valence-electron chi connectivity index (χ0n) is 17.5. The Morgan fingerprint density at radius 2 is 1.61 bits per heavy atom. The summed E-state index contributed by atoms with van der Waals surface area (Å²) in [4.78, 5) is 0. The van der Waals surface area contributed by atoms with Gasteiger partial charge in [0.2, 0.25) is 0 Å². The highest BCUT2D eigenvalue weighted by Gasteiger charge is 2.50. The maximum atomic E-state index is 11.4. The minimum atomic E-state index is -0.798. The number of hydrogen-bond acceptors (Lipinski definition) is 3. The Bertz CT molecular complexity index is 852. The second-order valence-corrected chi connectivity index (χ2v) is 9.87. The summed E-state index contributed by atoms with van der Waals surface area (Å²) in [5.41, 5.74) is 3.65. The minimum Gasteiger partial charge on any atom is -0.497 e. The molecule has 3 heteroatoms. The molecule has 28 heavy (non-hydrogen) atoms. The molecule has 2 aliphatic rings. The Balaban J connectivity index is 1.53. The van der Waals surface area contributed by atoms with Crippen molar-refractivity contribution in [3.63, 3.8) is 0 Å². The number of methoxy groups -OCH3 is 1. The van der Waals surface area contributed by atoms with Gasteiger partial charge in [0, 0.05) is 5.41 Å². The highest BCUT2D eigenvalue weighted by molar-refractivity contribution is 5.43. The van der Waals surface area contributed by atoms with Crippen LogP contribution >= 0.6 is 0 Å². The van der Waals surface area contributed by atoms with Crippen molar-refractivity contribution in [2.75, 3.05) is 7.11 Å². The molecule has 1 saturated carbocycles. The fourth-order valence-corrected chi connectivity index (χ4v) is 5.12. The first-order valence-corrected chi connectivity index (χ1v) is 10.4. The average Bonchev–Trinajstić information content (AvgIpc) is 2.95. The van der Waals surface area contributed by atoms with Gasteiger partial charge in [-0.2, -0.15) is 0 Å². The molecule has 1 atom stereocenters. The molecule has 150 valence electrons. The van der Waals surface area contributed by atoms with Crippen molar-refractivity contribution in [3.05, 3.63) is 64.7 Å². The van der Waals surface area contributed by atoms with E-state index in [4.69, 9.17) is 4.74 Å². The molecule has 1 spiro atoms. The monoisotopic (exact) mass is 380 g/mol. The van der Waals surface area contributed by atoms with E-state index in [0.717, 1.165) is 36.1 Å². The molecule has 2 N–H and O–H groups in total. The predicted octanol–water partition coefficient (Wildman–Crippen LogP) is 5.03. The quantitative estimate of drug-likeness (QED) is 0.768. The van der Waals surface area contributed by atoms with Crippen molar-refractivity contribution in [2.45, 2.75) is 70.0 Å². The molecule has 0 radical (unpaired) electrons. The highest BCUT2D eigenvalue weighted by Crippen LogP contribution is 2.57. The third-order valence-corrected chi connectivity index (χ3v) is 7.13. The second-order valence-electron chi connectivity index (χ2n) is 9.87. The van der Waals surface area contributed by atoms with Gasteiger partial charge in [-0.25, -0.2) is 0 Å². The average molecular weight is 381 g/mol. The van der Waals surface area contributed by atoms with Crippen molar-refractivity contribution in [1.29, 1.82) is 0 Å². The van der Waals surface area contributed by atoms with Crippen molar-refractivity contribution in [2.24, 2.45) is 5.41 Å². The van der Waals surface area contributed by atoms with Crippen LogP contribution in [0.2, 0.25) is 0 Å². The van der Waals surface area contributed by atoms with Gasteiger partial charge in [-0.3, -0.25) is 0 Å². The molecule has 1 fully saturated rings. The third-order valence-electron chi connectivity index (χ3n) is 7.13. The largest absolute Gasteiger partial charge is 0.497 e. The Morgan fingerprint density at radius 3 is 2.18 bits per heavy atom. The van der Waals surface area contributed by atoms with Gasteiger partial charge >= 0.3 is 0 Å². The molecular formula is C25H32O3. The van der Waals surface area contributed by atoms with Crippen LogP contribution in [0.5, 0.6) is 5.75 Å². The lowest BCUT2D eigenvalue weighted by Crippen LogP contribution is -2.39. The van der Waals surface area contributed by atoms with E-state index in [0.29, 0.717) is 12.8 Å². The van der Waals surface area contributed by atoms with Gasteiger partial charge < -0.3 is 14.9 Å². The summed E-state index contributed by atoms with van der Waals surface area (Å²) < 4.78 is 5.35. The van der Waals surface area contributed by atoms with Gasteiger partial charge in [0.05, 0.1) is 18.8 Å². The van der Waals surface area contributed by atoms with Crippen molar-refractivity contribution in [1.82, 2.24) is 0 Å². The van der Waals surface area contributed by atoms with Crippen LogP contribution in [0.25, 0.3) is 0 Å². The number of fused-ring (bicyclic) bond motifs is 1. The molecule has 0 saturated heterocycles. The van der Waals surface area contributed by atoms with E-state index in [-0.39, 0.29) is 10.8 Å². The fraction of sp³-hybridized carbons (Fsp3) is 0.520. The molecule has 0 amide bonds. The summed E-state index contributed by atoms with van der Waals surface area (Å²) in [6.07, 6.45) is 3.42. The Hall–Kier alpha value is -1.84.